The van der Waals surface area contributed by atoms with Crippen LogP contribution in [0.15, 0.2) is 53.6 Å². The molecule has 27 heavy (non-hydrogen) atoms. The van der Waals surface area contributed by atoms with Crippen molar-refractivity contribution in [3.63, 3.8) is 0 Å². The molecule has 1 N–H and O–H groups in total. The highest BCUT2D eigenvalue weighted by atomic mass is 32.1. The van der Waals surface area contributed by atoms with Gasteiger partial charge in [-0.05, 0) is 24.6 Å². The second kappa shape index (κ2) is 8.43. The molecule has 2 atom stereocenters. The van der Waals surface area contributed by atoms with E-state index in [9.17, 15) is 4.79 Å². The van der Waals surface area contributed by atoms with Gasteiger partial charge in [0.15, 0.2) is 0 Å². The van der Waals surface area contributed by atoms with Crippen molar-refractivity contribution < 1.29 is 14.3 Å². The van der Waals surface area contributed by atoms with Gasteiger partial charge in [-0.2, -0.15) is 5.10 Å². The summed E-state index contributed by atoms with van der Waals surface area (Å²) < 4.78 is 13.2. The highest BCUT2D eigenvalue weighted by Gasteiger charge is 2.29. The third-order valence-corrected chi connectivity index (χ3v) is 5.08. The number of thiazole rings is 1. The second-order valence-electron chi connectivity index (χ2n) is 6.24. The number of hydrogen-bond acceptors (Lipinski definition) is 6. The van der Waals surface area contributed by atoms with E-state index in [1.807, 2.05) is 35.8 Å². The van der Waals surface area contributed by atoms with Crippen molar-refractivity contribution >= 4 is 17.2 Å². The first-order valence-corrected chi connectivity index (χ1v) is 9.72. The fourth-order valence-corrected chi connectivity index (χ4v) is 3.61. The molecule has 7 nitrogen and oxygen atoms in total. The molecule has 3 heterocycles. The molecule has 0 bridgehead atoms. The second-order valence-corrected chi connectivity index (χ2v) is 6.96. The van der Waals surface area contributed by atoms with E-state index in [0.29, 0.717) is 31.8 Å². The number of rotatable bonds is 6. The molecule has 140 valence electrons. The first-order valence-electron chi connectivity index (χ1n) is 8.77. The normalized spacial score (nSPS) is 19.7. The molecule has 8 heteroatoms. The minimum absolute atomic E-state index is 0.115. The predicted octanol–water partition coefficient (Wildman–Crippen LogP) is 2.43. The van der Waals surface area contributed by atoms with Gasteiger partial charge in [0.05, 0.1) is 41.7 Å². The van der Waals surface area contributed by atoms with Crippen molar-refractivity contribution in [2.75, 3.05) is 13.2 Å². The minimum Gasteiger partial charge on any atom is -0.379 e. The lowest BCUT2D eigenvalue weighted by atomic mass is 10.0. The summed E-state index contributed by atoms with van der Waals surface area (Å²) in [4.78, 5) is 17.2. The molecule has 0 spiro atoms. The van der Waals surface area contributed by atoms with Crippen LogP contribution in [0.1, 0.15) is 22.5 Å². The van der Waals surface area contributed by atoms with E-state index in [-0.39, 0.29) is 18.1 Å². The molecule has 2 aromatic heterocycles. The molecule has 1 aliphatic rings. The average Bonchev–Trinajstić information content (AvgIpc) is 3.41. The largest absolute Gasteiger partial charge is 0.379 e. The number of benzene rings is 1. The van der Waals surface area contributed by atoms with E-state index in [1.165, 1.54) is 11.3 Å². The van der Waals surface area contributed by atoms with Gasteiger partial charge in [0, 0.05) is 24.4 Å². The summed E-state index contributed by atoms with van der Waals surface area (Å²) in [6.45, 7) is 1.46. The highest BCUT2D eigenvalue weighted by molar-refractivity contribution is 7.07. The summed E-state index contributed by atoms with van der Waals surface area (Å²) in [6.07, 6.45) is 4.01. The SMILES string of the molecule is O=C(NC1CCOCC1OCc1cscn1)c1ccccc1-n1cccn1. The number of nitrogens with one attached hydrogen (secondary N) is 1. The van der Waals surface area contributed by atoms with Crippen molar-refractivity contribution in [2.24, 2.45) is 0 Å². The van der Waals surface area contributed by atoms with Crippen molar-refractivity contribution in [3.8, 4) is 5.69 Å². The topological polar surface area (TPSA) is 78.3 Å². The molecule has 1 amide bonds. The number of aromatic nitrogens is 3. The van der Waals surface area contributed by atoms with Crippen molar-refractivity contribution in [2.45, 2.75) is 25.2 Å². The number of amides is 1. The zero-order chi connectivity index (χ0) is 18.5. The number of ether oxygens (including phenoxy) is 2. The Hall–Kier alpha value is -2.55. The summed E-state index contributed by atoms with van der Waals surface area (Å²) in [7, 11) is 0. The molecule has 2 unspecified atom stereocenters. The van der Waals surface area contributed by atoms with Crippen LogP contribution in [0.5, 0.6) is 0 Å². The van der Waals surface area contributed by atoms with Gasteiger partial charge >= 0.3 is 0 Å². The molecule has 1 aromatic carbocycles. The standard InChI is InChI=1S/C19H20N4O3S/c24-19(15-4-1-2-5-17(15)23-8-3-7-21-23)22-16-6-9-25-11-18(16)26-10-14-12-27-13-20-14/h1-5,7-8,12-13,16,18H,6,9-11H2,(H,22,24). The number of carbonyl (C=O) groups is 1. The number of para-hydroxylation sites is 1. The summed E-state index contributed by atoms with van der Waals surface area (Å²) in [6, 6.07) is 9.13. The fraction of sp³-hybridized carbons (Fsp3) is 0.316. The van der Waals surface area contributed by atoms with E-state index >= 15 is 0 Å². The Kier molecular flexibility index (Phi) is 5.57. The Morgan fingerprint density at radius 3 is 3.11 bits per heavy atom. The summed E-state index contributed by atoms with van der Waals surface area (Å²) in [5, 5.41) is 9.31. The van der Waals surface area contributed by atoms with E-state index in [0.717, 1.165) is 11.4 Å². The number of hydrogen-bond donors (Lipinski definition) is 1. The maximum Gasteiger partial charge on any atom is 0.253 e. The molecule has 1 saturated heterocycles. The lowest BCUT2D eigenvalue weighted by molar-refractivity contribution is -0.0742. The smallest absolute Gasteiger partial charge is 0.253 e. The lowest BCUT2D eigenvalue weighted by Crippen LogP contribution is -2.50. The summed E-state index contributed by atoms with van der Waals surface area (Å²) in [5.41, 5.74) is 3.99. The van der Waals surface area contributed by atoms with Crippen LogP contribution in [-0.4, -0.2) is 46.0 Å². The van der Waals surface area contributed by atoms with E-state index in [1.54, 1.807) is 22.5 Å². The molecule has 0 radical (unpaired) electrons. The van der Waals surface area contributed by atoms with Crippen LogP contribution in [-0.2, 0) is 16.1 Å². The first kappa shape index (κ1) is 17.8. The molecule has 0 saturated carbocycles. The van der Waals surface area contributed by atoms with Gasteiger partial charge in [0.1, 0.15) is 6.10 Å². The third kappa shape index (κ3) is 4.24. The zero-order valence-corrected chi connectivity index (χ0v) is 15.5. The van der Waals surface area contributed by atoms with Gasteiger partial charge in [-0.15, -0.1) is 11.3 Å². The molecule has 1 fully saturated rings. The Morgan fingerprint density at radius 1 is 1.37 bits per heavy atom. The van der Waals surface area contributed by atoms with Crippen molar-refractivity contribution in [1.29, 1.82) is 0 Å². The van der Waals surface area contributed by atoms with E-state index in [2.05, 4.69) is 15.4 Å². The molecule has 3 aromatic rings. The number of nitrogens with zero attached hydrogens (tertiary/aromatic N) is 3. The Bertz CT molecular complexity index is 867. The zero-order valence-electron chi connectivity index (χ0n) is 14.7. The summed E-state index contributed by atoms with van der Waals surface area (Å²) in [5.74, 6) is -0.143. The molecule has 4 rings (SSSR count). The maximum atomic E-state index is 12.9. The van der Waals surface area contributed by atoms with E-state index in [4.69, 9.17) is 9.47 Å². The monoisotopic (exact) mass is 384 g/mol. The minimum atomic E-state index is -0.207. The average molecular weight is 384 g/mol. The Balaban J connectivity index is 1.46. The van der Waals surface area contributed by atoms with Crippen LogP contribution in [0.4, 0.5) is 0 Å². The summed E-state index contributed by atoms with van der Waals surface area (Å²) >= 11 is 1.53. The van der Waals surface area contributed by atoms with Gasteiger partial charge in [-0.3, -0.25) is 4.79 Å². The van der Waals surface area contributed by atoms with Crippen LogP contribution in [0.25, 0.3) is 5.69 Å². The van der Waals surface area contributed by atoms with Gasteiger partial charge < -0.3 is 14.8 Å². The van der Waals surface area contributed by atoms with Gasteiger partial charge in [0.25, 0.3) is 5.91 Å². The van der Waals surface area contributed by atoms with Gasteiger partial charge in [-0.1, -0.05) is 12.1 Å². The van der Waals surface area contributed by atoms with Crippen LogP contribution < -0.4 is 5.32 Å². The van der Waals surface area contributed by atoms with E-state index < -0.39 is 0 Å². The van der Waals surface area contributed by atoms with Crippen molar-refractivity contribution in [3.05, 3.63) is 64.9 Å². The molecule has 1 aliphatic heterocycles. The van der Waals surface area contributed by atoms with Crippen LogP contribution >= 0.6 is 11.3 Å². The Morgan fingerprint density at radius 2 is 2.30 bits per heavy atom. The van der Waals surface area contributed by atoms with Crippen LogP contribution in [0, 0.1) is 0 Å². The quantitative estimate of drug-likeness (QED) is 0.706. The number of carbonyl (C=O) groups excluding carboxylic acids is 1. The predicted molar refractivity (Wildman–Crippen MR) is 101 cm³/mol. The maximum absolute atomic E-state index is 12.9. The van der Waals surface area contributed by atoms with Gasteiger partial charge in [0.2, 0.25) is 0 Å². The van der Waals surface area contributed by atoms with Gasteiger partial charge in [-0.25, -0.2) is 9.67 Å². The Labute approximate surface area is 161 Å². The van der Waals surface area contributed by atoms with Crippen LogP contribution in [0.2, 0.25) is 0 Å². The highest BCUT2D eigenvalue weighted by Crippen LogP contribution is 2.17. The molecular weight excluding hydrogens is 364 g/mol. The first-order chi connectivity index (χ1) is 13.3. The van der Waals surface area contributed by atoms with Crippen LogP contribution in [0.3, 0.4) is 0 Å². The van der Waals surface area contributed by atoms with Crippen molar-refractivity contribution in [1.82, 2.24) is 20.1 Å². The third-order valence-electron chi connectivity index (χ3n) is 4.45. The lowest BCUT2D eigenvalue weighted by Gasteiger charge is -2.32. The molecular formula is C19H20N4O3S. The fourth-order valence-electron chi connectivity index (χ4n) is 3.07. The molecule has 0 aliphatic carbocycles.